The fourth-order valence-electron chi connectivity index (χ4n) is 5.52. The predicted molar refractivity (Wildman–Crippen MR) is 154 cm³/mol. The number of anilines is 1. The van der Waals surface area contributed by atoms with E-state index in [-0.39, 0.29) is 23.7 Å². The molecule has 2 amide bonds. The summed E-state index contributed by atoms with van der Waals surface area (Å²) in [6.45, 7) is 9.13. The van der Waals surface area contributed by atoms with E-state index in [0.29, 0.717) is 63.4 Å². The lowest BCUT2D eigenvalue weighted by atomic mass is 9.90. The molecule has 0 N–H and O–H groups in total. The fourth-order valence-corrected chi connectivity index (χ4v) is 5.52. The summed E-state index contributed by atoms with van der Waals surface area (Å²) < 4.78 is 26.7. The highest BCUT2D eigenvalue weighted by Crippen LogP contribution is 2.34. The van der Waals surface area contributed by atoms with Gasteiger partial charge in [-0.15, -0.1) is 0 Å². The van der Waals surface area contributed by atoms with Crippen LogP contribution in [0, 0.1) is 5.82 Å². The maximum Gasteiger partial charge on any atom is 0.410 e. The number of amides is 2. The Morgan fingerprint density at radius 1 is 0.902 bits per heavy atom. The van der Waals surface area contributed by atoms with Gasteiger partial charge in [0.1, 0.15) is 17.2 Å². The van der Waals surface area contributed by atoms with Crippen molar-refractivity contribution in [1.82, 2.24) is 19.6 Å². The normalized spacial score (nSPS) is 16.6. The molecule has 1 aromatic heterocycles. The molecule has 5 rings (SSSR count). The quantitative estimate of drug-likeness (QED) is 0.430. The second kappa shape index (κ2) is 11.8. The van der Waals surface area contributed by atoms with E-state index in [0.717, 1.165) is 17.1 Å². The molecule has 3 aromatic rings. The highest BCUT2D eigenvalue weighted by molar-refractivity contribution is 5.95. The summed E-state index contributed by atoms with van der Waals surface area (Å²) >= 11 is 0. The first-order chi connectivity index (χ1) is 19.6. The number of methoxy groups -OCH3 is 1. The van der Waals surface area contributed by atoms with Crippen molar-refractivity contribution >= 4 is 17.7 Å². The van der Waals surface area contributed by atoms with Crippen LogP contribution in [0.3, 0.4) is 0 Å². The lowest BCUT2D eigenvalue weighted by Gasteiger charge is -2.37. The minimum Gasteiger partial charge on any atom is -0.497 e. The number of aromatic nitrogens is 2. The number of hydrogen-bond donors (Lipinski definition) is 0. The average Bonchev–Trinajstić information content (AvgIpc) is 3.41. The van der Waals surface area contributed by atoms with Crippen LogP contribution in [0.5, 0.6) is 5.75 Å². The van der Waals surface area contributed by atoms with Crippen molar-refractivity contribution < 1.29 is 23.5 Å². The molecule has 0 spiro atoms. The third kappa shape index (κ3) is 6.47. The van der Waals surface area contributed by atoms with Crippen molar-refractivity contribution in [3.63, 3.8) is 0 Å². The zero-order valence-electron chi connectivity index (χ0n) is 24.2. The Bertz CT molecular complexity index is 1370. The zero-order valence-corrected chi connectivity index (χ0v) is 24.2. The molecule has 0 bridgehead atoms. The average molecular weight is 564 g/mol. The molecule has 0 saturated carbocycles. The second-order valence-electron chi connectivity index (χ2n) is 11.6. The number of likely N-dealkylation sites (tertiary alicyclic amines) is 1. The number of rotatable bonds is 5. The van der Waals surface area contributed by atoms with Gasteiger partial charge in [0.15, 0.2) is 0 Å². The van der Waals surface area contributed by atoms with Gasteiger partial charge in [-0.25, -0.2) is 13.9 Å². The number of piperazine rings is 1. The van der Waals surface area contributed by atoms with Gasteiger partial charge in [-0.2, -0.15) is 5.10 Å². The van der Waals surface area contributed by atoms with Crippen molar-refractivity contribution in [1.29, 1.82) is 0 Å². The monoisotopic (exact) mass is 563 g/mol. The van der Waals surface area contributed by atoms with Gasteiger partial charge in [0, 0.05) is 50.9 Å². The molecule has 2 aliphatic heterocycles. The minimum atomic E-state index is -0.569. The Labute approximate surface area is 240 Å². The van der Waals surface area contributed by atoms with E-state index in [2.05, 4.69) is 10.00 Å². The molecule has 2 saturated heterocycles. The van der Waals surface area contributed by atoms with Gasteiger partial charge in [-0.3, -0.25) is 4.79 Å². The van der Waals surface area contributed by atoms with Crippen LogP contribution in [-0.4, -0.2) is 83.6 Å². The Morgan fingerprint density at radius 2 is 1.59 bits per heavy atom. The van der Waals surface area contributed by atoms with E-state index in [9.17, 15) is 14.0 Å². The number of halogens is 1. The first-order valence-electron chi connectivity index (χ1n) is 14.1. The smallest absolute Gasteiger partial charge is 0.410 e. The summed E-state index contributed by atoms with van der Waals surface area (Å²) in [5, 5.41) is 4.58. The highest BCUT2D eigenvalue weighted by Gasteiger charge is 2.34. The SMILES string of the molecule is COc1ccc(N2CCN(C(=O)c3cnn(-c4cccc(F)c4)c3C3CCN(C(=O)OC(C)(C)C)CC3)CC2)cc1. The Morgan fingerprint density at radius 3 is 2.20 bits per heavy atom. The number of hydrogen-bond acceptors (Lipinski definition) is 6. The molecule has 0 unspecified atom stereocenters. The predicted octanol–water partition coefficient (Wildman–Crippen LogP) is 5.10. The molecule has 2 fully saturated rings. The summed E-state index contributed by atoms with van der Waals surface area (Å²) in [7, 11) is 1.65. The van der Waals surface area contributed by atoms with Crippen LogP contribution in [-0.2, 0) is 4.74 Å². The van der Waals surface area contributed by atoms with E-state index in [1.54, 1.807) is 35.0 Å². The maximum absolute atomic E-state index is 14.2. The van der Waals surface area contributed by atoms with Crippen molar-refractivity contribution in [3.05, 3.63) is 71.8 Å². The molecular weight excluding hydrogens is 525 g/mol. The van der Waals surface area contributed by atoms with Gasteiger partial charge in [-0.1, -0.05) is 6.07 Å². The van der Waals surface area contributed by atoms with E-state index < -0.39 is 5.60 Å². The van der Waals surface area contributed by atoms with Crippen LogP contribution < -0.4 is 9.64 Å². The maximum atomic E-state index is 14.2. The first kappa shape index (κ1) is 28.4. The molecule has 218 valence electrons. The molecule has 0 atom stereocenters. The van der Waals surface area contributed by atoms with E-state index in [1.807, 2.05) is 49.9 Å². The molecule has 0 aliphatic carbocycles. The number of piperidine rings is 1. The number of carbonyl (C=O) groups is 2. The summed E-state index contributed by atoms with van der Waals surface area (Å²) in [4.78, 5) is 32.4. The second-order valence-corrected chi connectivity index (χ2v) is 11.6. The van der Waals surface area contributed by atoms with Gasteiger partial charge in [0.2, 0.25) is 0 Å². The molecule has 2 aliphatic rings. The van der Waals surface area contributed by atoms with Gasteiger partial charge in [0.05, 0.1) is 30.3 Å². The first-order valence-corrected chi connectivity index (χ1v) is 14.1. The Hall–Kier alpha value is -4.08. The summed E-state index contributed by atoms with van der Waals surface area (Å²) in [6.07, 6.45) is 2.57. The third-order valence-electron chi connectivity index (χ3n) is 7.63. The number of nitrogens with zero attached hydrogens (tertiary/aromatic N) is 5. The third-order valence-corrected chi connectivity index (χ3v) is 7.63. The van der Waals surface area contributed by atoms with Crippen LogP contribution in [0.2, 0.25) is 0 Å². The van der Waals surface area contributed by atoms with Crippen molar-refractivity contribution in [3.8, 4) is 11.4 Å². The van der Waals surface area contributed by atoms with Crippen LogP contribution in [0.15, 0.2) is 54.7 Å². The number of ether oxygens (including phenoxy) is 2. The van der Waals surface area contributed by atoms with Crippen molar-refractivity contribution in [2.75, 3.05) is 51.3 Å². The Kier molecular flexibility index (Phi) is 8.19. The Balaban J connectivity index is 1.34. The largest absolute Gasteiger partial charge is 0.497 e. The lowest BCUT2D eigenvalue weighted by molar-refractivity contribution is 0.0203. The van der Waals surface area contributed by atoms with Crippen LogP contribution in [0.1, 0.15) is 55.6 Å². The molecule has 3 heterocycles. The topological polar surface area (TPSA) is 80.1 Å². The molecular formula is C31H38FN5O4. The summed E-state index contributed by atoms with van der Waals surface area (Å²) in [6, 6.07) is 14.2. The molecule has 2 aromatic carbocycles. The van der Waals surface area contributed by atoms with Crippen LogP contribution in [0.4, 0.5) is 14.9 Å². The molecule has 0 radical (unpaired) electrons. The van der Waals surface area contributed by atoms with Gasteiger partial charge >= 0.3 is 6.09 Å². The fraction of sp³-hybridized carbons (Fsp3) is 0.452. The number of carbonyl (C=O) groups excluding carboxylic acids is 2. The summed E-state index contributed by atoms with van der Waals surface area (Å²) in [5.41, 5.74) is 2.39. The van der Waals surface area contributed by atoms with Gasteiger partial charge in [-0.05, 0) is 76.1 Å². The van der Waals surface area contributed by atoms with Crippen LogP contribution >= 0.6 is 0 Å². The standard InChI is InChI=1S/C31H38FN5O4/c1-31(2,3)41-30(39)36-14-12-22(13-15-36)28-27(21-33-37(28)25-7-5-6-23(32)20-25)29(38)35-18-16-34(17-19-35)24-8-10-26(40-4)11-9-24/h5-11,20-22H,12-19H2,1-4H3. The van der Waals surface area contributed by atoms with E-state index in [4.69, 9.17) is 9.47 Å². The van der Waals surface area contributed by atoms with E-state index >= 15 is 0 Å². The van der Waals surface area contributed by atoms with Crippen molar-refractivity contribution in [2.45, 2.75) is 45.1 Å². The lowest BCUT2D eigenvalue weighted by Crippen LogP contribution is -2.49. The minimum absolute atomic E-state index is 0.0287. The zero-order chi connectivity index (χ0) is 29.1. The van der Waals surface area contributed by atoms with Crippen LogP contribution in [0.25, 0.3) is 5.69 Å². The molecule has 10 heteroatoms. The molecule has 41 heavy (non-hydrogen) atoms. The highest BCUT2D eigenvalue weighted by atomic mass is 19.1. The van der Waals surface area contributed by atoms with E-state index in [1.165, 1.54) is 12.1 Å². The van der Waals surface area contributed by atoms with Gasteiger partial charge < -0.3 is 24.2 Å². The molecule has 9 nitrogen and oxygen atoms in total. The number of benzene rings is 2. The van der Waals surface area contributed by atoms with Crippen molar-refractivity contribution in [2.24, 2.45) is 0 Å². The summed E-state index contributed by atoms with van der Waals surface area (Å²) in [5.74, 6) is 0.333. The van der Waals surface area contributed by atoms with Gasteiger partial charge in [0.25, 0.3) is 5.91 Å².